The van der Waals surface area contributed by atoms with E-state index in [4.69, 9.17) is 0 Å². The van der Waals surface area contributed by atoms with Crippen LogP contribution in [-0.2, 0) is 17.8 Å². The number of pyridine rings is 1. The predicted molar refractivity (Wildman–Crippen MR) is 93.6 cm³/mol. The Morgan fingerprint density at radius 3 is 2.83 bits per heavy atom. The summed E-state index contributed by atoms with van der Waals surface area (Å²) in [4.78, 5) is 18.9. The Morgan fingerprint density at radius 2 is 2.12 bits per heavy atom. The number of hydrogen-bond donors (Lipinski definition) is 0. The Kier molecular flexibility index (Phi) is 5.28. The molecule has 1 fully saturated rings. The first kappa shape index (κ1) is 16.7. The van der Waals surface area contributed by atoms with Crippen LogP contribution in [0.1, 0.15) is 36.2 Å². The minimum atomic E-state index is 0.245. The van der Waals surface area contributed by atoms with Crippen LogP contribution >= 0.6 is 0 Å². The Balaban J connectivity index is 1.50. The lowest BCUT2D eigenvalue weighted by atomic mass is 9.91. The summed E-state index contributed by atoms with van der Waals surface area (Å²) in [7, 11) is 0. The van der Waals surface area contributed by atoms with Gasteiger partial charge in [-0.3, -0.25) is 14.5 Å². The number of piperidine rings is 1. The fourth-order valence-corrected chi connectivity index (χ4v) is 3.37. The minimum absolute atomic E-state index is 0.245. The van der Waals surface area contributed by atoms with Crippen molar-refractivity contribution in [2.75, 3.05) is 13.1 Å². The number of nitrogens with zero attached hydrogens (tertiary/aromatic N) is 4. The van der Waals surface area contributed by atoms with E-state index < -0.39 is 0 Å². The van der Waals surface area contributed by atoms with Gasteiger partial charge in [0, 0.05) is 44.1 Å². The topological polar surface area (TPSA) is 51.0 Å². The van der Waals surface area contributed by atoms with Crippen molar-refractivity contribution in [3.8, 4) is 0 Å². The maximum Gasteiger partial charge on any atom is 0.224 e. The van der Waals surface area contributed by atoms with Crippen LogP contribution in [0.25, 0.3) is 0 Å². The van der Waals surface area contributed by atoms with E-state index in [9.17, 15) is 4.79 Å². The fourth-order valence-electron chi connectivity index (χ4n) is 3.37. The van der Waals surface area contributed by atoms with Crippen molar-refractivity contribution in [2.45, 2.75) is 46.1 Å². The molecule has 3 heterocycles. The Labute approximate surface area is 143 Å². The highest BCUT2D eigenvalue weighted by Crippen LogP contribution is 2.21. The van der Waals surface area contributed by atoms with E-state index in [2.05, 4.69) is 22.2 Å². The van der Waals surface area contributed by atoms with Crippen molar-refractivity contribution in [1.29, 1.82) is 0 Å². The number of carbonyl (C=O) groups is 1. The molecular formula is C19H26N4O. The van der Waals surface area contributed by atoms with Gasteiger partial charge in [-0.05, 0) is 56.7 Å². The molecular weight excluding hydrogens is 300 g/mol. The molecule has 3 rings (SSSR count). The highest BCUT2D eigenvalue weighted by atomic mass is 16.2. The van der Waals surface area contributed by atoms with Gasteiger partial charge in [0.15, 0.2) is 0 Å². The smallest absolute Gasteiger partial charge is 0.224 e. The zero-order valence-electron chi connectivity index (χ0n) is 14.6. The summed E-state index contributed by atoms with van der Waals surface area (Å²) in [6.45, 7) is 6.39. The van der Waals surface area contributed by atoms with Crippen LogP contribution in [0.2, 0.25) is 0 Å². The van der Waals surface area contributed by atoms with Gasteiger partial charge in [0.25, 0.3) is 0 Å². The average Bonchev–Trinajstić information content (AvgIpc) is 3.00. The normalized spacial score (nSPS) is 17.9. The molecule has 128 valence electrons. The molecule has 5 nitrogen and oxygen atoms in total. The van der Waals surface area contributed by atoms with Crippen LogP contribution in [0.5, 0.6) is 0 Å². The summed E-state index contributed by atoms with van der Waals surface area (Å²) >= 11 is 0. The van der Waals surface area contributed by atoms with E-state index in [-0.39, 0.29) is 5.91 Å². The van der Waals surface area contributed by atoms with Crippen LogP contribution < -0.4 is 0 Å². The molecule has 0 N–H and O–H groups in total. The van der Waals surface area contributed by atoms with Gasteiger partial charge >= 0.3 is 0 Å². The monoisotopic (exact) mass is 326 g/mol. The highest BCUT2D eigenvalue weighted by Gasteiger charge is 2.23. The van der Waals surface area contributed by atoms with Gasteiger partial charge in [-0.15, -0.1) is 0 Å². The predicted octanol–water partition coefficient (Wildman–Crippen LogP) is 2.77. The second-order valence-electron chi connectivity index (χ2n) is 6.83. The molecule has 2 aromatic rings. The first-order valence-electron chi connectivity index (χ1n) is 8.79. The summed E-state index contributed by atoms with van der Waals surface area (Å²) < 4.78 is 1.85. The van der Waals surface area contributed by atoms with Gasteiger partial charge in [0.05, 0.1) is 5.69 Å². The third-order valence-electron chi connectivity index (χ3n) is 4.70. The van der Waals surface area contributed by atoms with Crippen molar-refractivity contribution < 1.29 is 4.79 Å². The SMILES string of the molecule is Cc1ccc(C[C@@H]2CCCN(C(=O)CCn3ccc(C)n3)C2)cn1. The molecule has 1 saturated heterocycles. The molecule has 0 aliphatic carbocycles. The molecule has 1 aliphatic rings. The molecule has 1 atom stereocenters. The Morgan fingerprint density at radius 1 is 1.25 bits per heavy atom. The molecule has 1 amide bonds. The molecule has 0 radical (unpaired) electrons. The fraction of sp³-hybridized carbons (Fsp3) is 0.526. The van der Waals surface area contributed by atoms with Gasteiger partial charge in [0.1, 0.15) is 0 Å². The summed E-state index contributed by atoms with van der Waals surface area (Å²) in [5, 5.41) is 4.34. The summed E-state index contributed by atoms with van der Waals surface area (Å²) in [5.74, 6) is 0.786. The quantitative estimate of drug-likeness (QED) is 0.849. The lowest BCUT2D eigenvalue weighted by Crippen LogP contribution is -2.40. The molecule has 0 spiro atoms. The zero-order chi connectivity index (χ0) is 16.9. The number of carbonyl (C=O) groups excluding carboxylic acids is 1. The summed E-state index contributed by atoms with van der Waals surface area (Å²) in [6, 6.07) is 6.19. The van der Waals surface area contributed by atoms with E-state index >= 15 is 0 Å². The standard InChI is InChI=1S/C19H26N4O/c1-15-5-6-17(13-20-15)12-18-4-3-9-22(14-18)19(24)8-11-23-10-7-16(2)21-23/h5-7,10,13,18H,3-4,8-9,11-12,14H2,1-2H3/t18-/m0/s1. The summed E-state index contributed by atoms with van der Waals surface area (Å²) in [5.41, 5.74) is 3.31. The second-order valence-corrected chi connectivity index (χ2v) is 6.83. The molecule has 0 aromatic carbocycles. The number of hydrogen-bond acceptors (Lipinski definition) is 3. The Hall–Kier alpha value is -2.17. The van der Waals surface area contributed by atoms with Crippen LogP contribution in [0.15, 0.2) is 30.6 Å². The van der Waals surface area contributed by atoms with E-state index in [1.165, 1.54) is 12.0 Å². The first-order valence-corrected chi connectivity index (χ1v) is 8.79. The molecule has 0 unspecified atom stereocenters. The second kappa shape index (κ2) is 7.60. The van der Waals surface area contributed by atoms with Gasteiger partial charge < -0.3 is 4.90 Å². The molecule has 24 heavy (non-hydrogen) atoms. The van der Waals surface area contributed by atoms with Crippen LogP contribution in [0.3, 0.4) is 0 Å². The number of aromatic nitrogens is 3. The van der Waals surface area contributed by atoms with Crippen molar-refractivity contribution in [3.05, 3.63) is 47.5 Å². The first-order chi connectivity index (χ1) is 11.6. The third kappa shape index (κ3) is 4.43. The van der Waals surface area contributed by atoms with E-state index in [1.807, 2.05) is 41.9 Å². The van der Waals surface area contributed by atoms with Crippen molar-refractivity contribution >= 4 is 5.91 Å². The minimum Gasteiger partial charge on any atom is -0.342 e. The van der Waals surface area contributed by atoms with Gasteiger partial charge in [-0.25, -0.2) is 0 Å². The lowest BCUT2D eigenvalue weighted by Gasteiger charge is -2.33. The van der Waals surface area contributed by atoms with Crippen LogP contribution in [-0.4, -0.2) is 38.7 Å². The maximum absolute atomic E-state index is 12.5. The molecule has 0 bridgehead atoms. The van der Waals surface area contributed by atoms with Crippen LogP contribution in [0.4, 0.5) is 0 Å². The molecule has 2 aromatic heterocycles. The van der Waals surface area contributed by atoms with Crippen molar-refractivity contribution in [2.24, 2.45) is 5.92 Å². The highest BCUT2D eigenvalue weighted by molar-refractivity contribution is 5.76. The van der Waals surface area contributed by atoms with Gasteiger partial charge in [-0.1, -0.05) is 6.07 Å². The van der Waals surface area contributed by atoms with E-state index in [0.29, 0.717) is 18.9 Å². The largest absolute Gasteiger partial charge is 0.342 e. The van der Waals surface area contributed by atoms with Crippen molar-refractivity contribution in [3.63, 3.8) is 0 Å². The third-order valence-corrected chi connectivity index (χ3v) is 4.70. The lowest BCUT2D eigenvalue weighted by molar-refractivity contribution is -0.133. The number of likely N-dealkylation sites (tertiary alicyclic amines) is 1. The van der Waals surface area contributed by atoms with Gasteiger partial charge in [-0.2, -0.15) is 5.10 Å². The van der Waals surface area contributed by atoms with Crippen molar-refractivity contribution in [1.82, 2.24) is 19.7 Å². The van der Waals surface area contributed by atoms with Crippen LogP contribution in [0, 0.1) is 19.8 Å². The number of aryl methyl sites for hydroxylation is 3. The molecule has 5 heteroatoms. The Bertz CT molecular complexity index is 677. The van der Waals surface area contributed by atoms with E-state index in [1.54, 1.807) is 0 Å². The van der Waals surface area contributed by atoms with E-state index in [0.717, 1.165) is 37.3 Å². The maximum atomic E-state index is 12.5. The molecule has 1 aliphatic heterocycles. The average molecular weight is 326 g/mol. The van der Waals surface area contributed by atoms with Gasteiger partial charge in [0.2, 0.25) is 5.91 Å². The summed E-state index contributed by atoms with van der Waals surface area (Å²) in [6.07, 6.45) is 7.73. The number of amides is 1. The molecule has 0 saturated carbocycles. The zero-order valence-corrected chi connectivity index (χ0v) is 14.6. The number of rotatable bonds is 5.